The van der Waals surface area contributed by atoms with Gasteiger partial charge in [0.1, 0.15) is 16.4 Å². The van der Waals surface area contributed by atoms with Crippen molar-refractivity contribution in [1.29, 1.82) is 0 Å². The van der Waals surface area contributed by atoms with E-state index in [-0.39, 0.29) is 27.8 Å². The number of fused-ring (bicyclic) bond motifs is 1. The third kappa shape index (κ3) is 6.50. The van der Waals surface area contributed by atoms with Crippen LogP contribution in [0.1, 0.15) is 97.1 Å². The van der Waals surface area contributed by atoms with Gasteiger partial charge in [-0.1, -0.05) is 69.6 Å². The minimum absolute atomic E-state index is 0.0155. The Morgan fingerprint density at radius 2 is 1.57 bits per heavy atom. The fraction of sp³-hybridized carbons (Fsp3) is 0.469. The number of carbonyl (C=O) groups excluding carboxylic acids is 1. The van der Waals surface area contributed by atoms with Crippen molar-refractivity contribution in [2.45, 2.75) is 106 Å². The number of hydrogen-bond acceptors (Lipinski definition) is 4. The maximum atomic E-state index is 14.2. The normalized spacial score (nSPS) is 18.1. The highest BCUT2D eigenvalue weighted by Gasteiger charge is 2.34. The monoisotopic (exact) mass is 565 g/mol. The maximum absolute atomic E-state index is 14.2. The zero-order valence-electron chi connectivity index (χ0n) is 23.3. The second kappa shape index (κ2) is 12.3. The van der Waals surface area contributed by atoms with Gasteiger partial charge < -0.3 is 15.6 Å². The predicted molar refractivity (Wildman–Crippen MR) is 154 cm³/mol. The average molecular weight is 566 g/mol. The van der Waals surface area contributed by atoms with Gasteiger partial charge in [-0.3, -0.25) is 4.79 Å². The molecule has 1 amide bonds. The molecule has 0 radical (unpaired) electrons. The van der Waals surface area contributed by atoms with Crippen LogP contribution in [0.4, 0.5) is 4.39 Å². The molecule has 2 aromatic carbocycles. The molecule has 6 nitrogen and oxygen atoms in total. The van der Waals surface area contributed by atoms with Crippen LogP contribution >= 0.6 is 0 Å². The van der Waals surface area contributed by atoms with E-state index in [1.165, 1.54) is 94.5 Å². The van der Waals surface area contributed by atoms with Crippen molar-refractivity contribution in [3.05, 3.63) is 82.4 Å². The maximum Gasteiger partial charge on any atom is 0.267 e. The van der Waals surface area contributed by atoms with Gasteiger partial charge in [-0.05, 0) is 66.8 Å². The first-order valence-electron chi connectivity index (χ1n) is 14.6. The summed E-state index contributed by atoms with van der Waals surface area (Å²) in [6.07, 6.45) is 13.7. The third-order valence-electron chi connectivity index (χ3n) is 8.53. The molecule has 1 aliphatic carbocycles. The molecule has 3 N–H and O–H groups in total. The van der Waals surface area contributed by atoms with Gasteiger partial charge in [0, 0.05) is 30.7 Å². The molecule has 0 atom stereocenters. The van der Waals surface area contributed by atoms with Gasteiger partial charge in [-0.15, -0.1) is 0 Å². The number of rotatable bonds is 5. The van der Waals surface area contributed by atoms with Crippen molar-refractivity contribution in [2.75, 3.05) is 0 Å². The van der Waals surface area contributed by atoms with E-state index in [9.17, 15) is 17.6 Å². The lowest BCUT2D eigenvalue weighted by Crippen LogP contribution is -2.49. The number of sulfone groups is 1. The summed E-state index contributed by atoms with van der Waals surface area (Å²) < 4.78 is 40.1. The first-order valence-corrected chi connectivity index (χ1v) is 16.1. The van der Waals surface area contributed by atoms with Gasteiger partial charge in [-0.2, -0.15) is 0 Å². The second-order valence-corrected chi connectivity index (χ2v) is 13.5. The van der Waals surface area contributed by atoms with E-state index in [2.05, 4.69) is 15.6 Å². The van der Waals surface area contributed by atoms with E-state index in [1.54, 1.807) is 19.1 Å². The first-order chi connectivity index (χ1) is 19.3. The number of nitrogens with one attached hydrogen (secondary N) is 3. The van der Waals surface area contributed by atoms with E-state index in [1.807, 2.05) is 6.07 Å². The largest absolute Gasteiger partial charge is 0.354 e. The van der Waals surface area contributed by atoms with E-state index < -0.39 is 15.7 Å². The van der Waals surface area contributed by atoms with Crippen LogP contribution in [0, 0.1) is 12.7 Å². The molecule has 1 aromatic heterocycles. The molecule has 40 heavy (non-hydrogen) atoms. The molecule has 1 saturated carbocycles. The lowest BCUT2D eigenvalue weighted by Gasteiger charge is -2.39. The molecule has 1 fully saturated rings. The zero-order valence-corrected chi connectivity index (χ0v) is 24.1. The van der Waals surface area contributed by atoms with Gasteiger partial charge in [0.2, 0.25) is 9.84 Å². The highest BCUT2D eigenvalue weighted by Crippen LogP contribution is 2.33. The van der Waals surface area contributed by atoms with Crippen molar-refractivity contribution < 1.29 is 17.6 Å². The molecule has 0 unspecified atom stereocenters. The quantitative estimate of drug-likeness (QED) is 0.328. The van der Waals surface area contributed by atoms with Crippen LogP contribution < -0.4 is 10.6 Å². The zero-order chi connectivity index (χ0) is 28.2. The molecule has 5 rings (SSSR count). The number of halogens is 1. The van der Waals surface area contributed by atoms with Gasteiger partial charge in [0.25, 0.3) is 5.91 Å². The number of aromatic nitrogens is 1. The molecule has 0 saturated heterocycles. The van der Waals surface area contributed by atoms with Crippen molar-refractivity contribution in [2.24, 2.45) is 0 Å². The number of H-pyrrole nitrogens is 1. The Morgan fingerprint density at radius 3 is 2.25 bits per heavy atom. The Morgan fingerprint density at radius 1 is 0.925 bits per heavy atom. The molecular formula is C32H40FN3O3S. The molecule has 8 heteroatoms. The van der Waals surface area contributed by atoms with Crippen molar-refractivity contribution in [3.8, 4) is 0 Å². The molecule has 3 aromatic rings. The molecule has 214 valence electrons. The molecule has 1 aliphatic heterocycles. The van der Waals surface area contributed by atoms with Crippen LogP contribution in [-0.4, -0.2) is 24.8 Å². The predicted octanol–water partition coefficient (Wildman–Crippen LogP) is 6.52. The Hall–Kier alpha value is -2.97. The highest BCUT2D eigenvalue weighted by molar-refractivity contribution is 7.91. The number of amides is 1. The number of benzene rings is 2. The Labute approximate surface area is 237 Å². The molecule has 2 heterocycles. The fourth-order valence-electron chi connectivity index (χ4n) is 6.14. The standard InChI is InChI=1S/C32H40FN3O3S/c1-23-10-15-27(33)30(18-23)40(38,39)26-13-11-24(12-14-26)21-34-31(37)28-19-25-22-35-32(20-29(25)36-28)16-8-6-4-2-3-5-7-9-17-32/h10-15,18-19,35-36H,2-9,16-17,20-22H2,1H3,(H,34,37). The van der Waals surface area contributed by atoms with Crippen LogP contribution in [-0.2, 0) is 29.3 Å². The third-order valence-corrected chi connectivity index (χ3v) is 10.3. The Bertz CT molecular complexity index is 1430. The van der Waals surface area contributed by atoms with Gasteiger partial charge in [-0.25, -0.2) is 12.8 Å². The fourth-order valence-corrected chi connectivity index (χ4v) is 7.55. The van der Waals surface area contributed by atoms with Crippen LogP contribution in [0.25, 0.3) is 0 Å². The number of aromatic amines is 1. The number of aryl methyl sites for hydroxylation is 1. The van der Waals surface area contributed by atoms with Gasteiger partial charge in [0.05, 0.1) is 4.90 Å². The van der Waals surface area contributed by atoms with Crippen LogP contribution in [0.5, 0.6) is 0 Å². The van der Waals surface area contributed by atoms with Crippen molar-refractivity contribution in [3.63, 3.8) is 0 Å². The topological polar surface area (TPSA) is 91.1 Å². The van der Waals surface area contributed by atoms with Crippen LogP contribution in [0.3, 0.4) is 0 Å². The minimum Gasteiger partial charge on any atom is -0.354 e. The van der Waals surface area contributed by atoms with Gasteiger partial charge >= 0.3 is 0 Å². The summed E-state index contributed by atoms with van der Waals surface area (Å²) in [4.78, 5) is 16.1. The van der Waals surface area contributed by atoms with E-state index in [0.29, 0.717) is 11.3 Å². The molecule has 0 bridgehead atoms. The SMILES string of the molecule is Cc1ccc(F)c(S(=O)(=O)c2ccc(CNC(=O)c3cc4c([nH]3)CC3(CCCCCCCCCC3)NC4)cc2)c1. The number of carbonyl (C=O) groups is 1. The number of hydrogen-bond donors (Lipinski definition) is 3. The summed E-state index contributed by atoms with van der Waals surface area (Å²) in [6.45, 7) is 2.75. The summed E-state index contributed by atoms with van der Waals surface area (Å²) in [7, 11) is -3.98. The summed E-state index contributed by atoms with van der Waals surface area (Å²) in [6, 6.07) is 12.2. The smallest absolute Gasteiger partial charge is 0.267 e. The minimum atomic E-state index is -3.98. The lowest BCUT2D eigenvalue weighted by molar-refractivity contribution is 0.0946. The van der Waals surface area contributed by atoms with Crippen LogP contribution in [0.2, 0.25) is 0 Å². The summed E-state index contributed by atoms with van der Waals surface area (Å²) in [5.74, 6) is -0.961. The van der Waals surface area contributed by atoms with E-state index in [4.69, 9.17) is 0 Å². The summed E-state index contributed by atoms with van der Waals surface area (Å²) >= 11 is 0. The molecule has 1 spiro atoms. The first kappa shape index (κ1) is 28.6. The Kier molecular flexibility index (Phi) is 8.76. The van der Waals surface area contributed by atoms with Crippen molar-refractivity contribution >= 4 is 15.7 Å². The Balaban J connectivity index is 1.21. The highest BCUT2D eigenvalue weighted by atomic mass is 32.2. The lowest BCUT2D eigenvalue weighted by atomic mass is 9.80. The molecule has 2 aliphatic rings. The van der Waals surface area contributed by atoms with E-state index >= 15 is 0 Å². The van der Waals surface area contributed by atoms with Gasteiger partial charge in [0.15, 0.2) is 0 Å². The average Bonchev–Trinajstić information content (AvgIpc) is 3.35. The van der Waals surface area contributed by atoms with Crippen molar-refractivity contribution in [1.82, 2.24) is 15.6 Å². The second-order valence-electron chi connectivity index (χ2n) is 11.6. The summed E-state index contributed by atoms with van der Waals surface area (Å²) in [5.41, 5.74) is 4.40. The summed E-state index contributed by atoms with van der Waals surface area (Å²) in [5, 5.41) is 6.79. The molecular weight excluding hydrogens is 525 g/mol. The van der Waals surface area contributed by atoms with Crippen LogP contribution in [0.15, 0.2) is 58.3 Å². The van der Waals surface area contributed by atoms with E-state index in [0.717, 1.165) is 29.8 Å².